The molecule has 44 valence electrons. The molecule has 1 atom stereocenters. The fraction of sp³-hybridized carbons (Fsp3) is 1.00. The van der Waals surface area contributed by atoms with E-state index in [4.69, 9.17) is 9.66 Å². The van der Waals surface area contributed by atoms with E-state index >= 15 is 0 Å². The molecule has 0 rings (SSSR count). The standard InChI is InChI=1S/CH3FO4S/c2-1(3)7(4,5)6/h1,3H,(H,4,5,6). The Bertz CT molecular complexity index is 134. The summed E-state index contributed by atoms with van der Waals surface area (Å²) in [5.74, 6) is 0. The predicted molar refractivity (Wildman–Crippen MR) is 18.7 cm³/mol. The Labute approximate surface area is 39.3 Å². The second kappa shape index (κ2) is 1.73. The second-order valence-corrected chi connectivity index (χ2v) is 2.23. The van der Waals surface area contributed by atoms with Gasteiger partial charge in [-0.25, -0.2) is 0 Å². The summed E-state index contributed by atoms with van der Waals surface area (Å²) in [6.07, 6.45) is 0. The molecule has 0 aliphatic rings. The molecular formula is CH3FO4S. The fourth-order valence-corrected chi connectivity index (χ4v) is 0. The Hall–Kier alpha value is -0.200. The molecule has 0 aromatic carbocycles. The molecule has 7 heavy (non-hydrogen) atoms. The number of halogens is 1. The smallest absolute Gasteiger partial charge is 0.324 e. The van der Waals surface area contributed by atoms with Gasteiger partial charge in [0.2, 0.25) is 0 Å². The molecule has 0 heterocycles. The van der Waals surface area contributed by atoms with Gasteiger partial charge in [-0.05, 0) is 0 Å². The summed E-state index contributed by atoms with van der Waals surface area (Å²) >= 11 is 0. The van der Waals surface area contributed by atoms with Crippen LogP contribution in [0.25, 0.3) is 0 Å². The Balaban J connectivity index is 4.10. The first-order valence-corrected chi connectivity index (χ1v) is 2.73. The van der Waals surface area contributed by atoms with Crippen LogP contribution in [0, 0.1) is 0 Å². The van der Waals surface area contributed by atoms with Crippen LogP contribution in [0.15, 0.2) is 0 Å². The van der Waals surface area contributed by atoms with Gasteiger partial charge in [-0.3, -0.25) is 4.55 Å². The van der Waals surface area contributed by atoms with E-state index in [1.807, 2.05) is 0 Å². The number of hydrogen-bond acceptors (Lipinski definition) is 3. The molecule has 0 fully saturated rings. The van der Waals surface area contributed by atoms with Crippen LogP contribution in [0.4, 0.5) is 4.39 Å². The molecule has 6 heteroatoms. The first-order valence-electron chi connectivity index (χ1n) is 1.23. The maximum absolute atomic E-state index is 10.9. The van der Waals surface area contributed by atoms with E-state index in [1.54, 1.807) is 0 Å². The second-order valence-electron chi connectivity index (χ2n) is 0.807. The van der Waals surface area contributed by atoms with E-state index in [-0.39, 0.29) is 0 Å². The molecule has 0 aromatic rings. The Morgan fingerprint density at radius 3 is 1.71 bits per heavy atom. The molecule has 1 unspecified atom stereocenters. The molecule has 0 aliphatic carbocycles. The van der Waals surface area contributed by atoms with Crippen molar-refractivity contribution in [3.05, 3.63) is 0 Å². The Morgan fingerprint density at radius 1 is 1.57 bits per heavy atom. The zero-order valence-electron chi connectivity index (χ0n) is 3.07. The third kappa shape index (κ3) is 2.49. The summed E-state index contributed by atoms with van der Waals surface area (Å²) in [6.45, 7) is 0. The molecule has 0 aliphatic heterocycles. The van der Waals surface area contributed by atoms with E-state index in [0.29, 0.717) is 0 Å². The van der Waals surface area contributed by atoms with Gasteiger partial charge in [0.1, 0.15) is 0 Å². The molecule has 4 nitrogen and oxygen atoms in total. The normalized spacial score (nSPS) is 16.4. The van der Waals surface area contributed by atoms with Crippen molar-refractivity contribution in [2.45, 2.75) is 5.69 Å². The maximum Gasteiger partial charge on any atom is 0.324 e. The lowest BCUT2D eigenvalue weighted by Gasteiger charge is -1.90. The minimum Gasteiger partial charge on any atom is -0.350 e. The monoisotopic (exact) mass is 130 g/mol. The first-order chi connectivity index (χ1) is 2.94. The molecule has 2 N–H and O–H groups in total. The van der Waals surface area contributed by atoms with Crippen LogP contribution in [0.3, 0.4) is 0 Å². The lowest BCUT2D eigenvalue weighted by molar-refractivity contribution is 0.108. The van der Waals surface area contributed by atoms with Crippen molar-refractivity contribution in [3.8, 4) is 0 Å². The van der Waals surface area contributed by atoms with Gasteiger partial charge < -0.3 is 5.11 Å². The van der Waals surface area contributed by atoms with Crippen molar-refractivity contribution in [1.82, 2.24) is 0 Å². The van der Waals surface area contributed by atoms with Crippen molar-refractivity contribution in [1.29, 1.82) is 0 Å². The zero-order chi connectivity index (χ0) is 6.08. The zero-order valence-corrected chi connectivity index (χ0v) is 3.89. The highest BCUT2D eigenvalue weighted by Gasteiger charge is 2.16. The SMILES string of the molecule is O=S(=O)(O)C(O)F. The molecule has 0 bridgehead atoms. The van der Waals surface area contributed by atoms with Crippen LogP contribution in [-0.4, -0.2) is 23.8 Å². The quantitative estimate of drug-likeness (QED) is 0.452. The van der Waals surface area contributed by atoms with Crippen LogP contribution in [0.2, 0.25) is 0 Å². The van der Waals surface area contributed by atoms with Gasteiger partial charge >= 0.3 is 15.8 Å². The minimum atomic E-state index is -4.85. The van der Waals surface area contributed by atoms with E-state index in [2.05, 4.69) is 0 Å². The van der Waals surface area contributed by atoms with Gasteiger partial charge in [-0.15, -0.1) is 0 Å². The van der Waals surface area contributed by atoms with E-state index in [9.17, 15) is 12.8 Å². The molecular weight excluding hydrogens is 127 g/mol. The van der Waals surface area contributed by atoms with Gasteiger partial charge in [-0.1, -0.05) is 0 Å². The van der Waals surface area contributed by atoms with Crippen molar-refractivity contribution in [2.75, 3.05) is 0 Å². The predicted octanol–water partition coefficient (Wildman–Crippen LogP) is -0.880. The van der Waals surface area contributed by atoms with Crippen LogP contribution < -0.4 is 0 Å². The summed E-state index contributed by atoms with van der Waals surface area (Å²) in [4.78, 5) is 0. The molecule has 0 saturated carbocycles. The van der Waals surface area contributed by atoms with E-state index < -0.39 is 15.8 Å². The van der Waals surface area contributed by atoms with Gasteiger partial charge in [0.05, 0.1) is 0 Å². The molecule has 0 radical (unpaired) electrons. The highest BCUT2D eigenvalue weighted by Crippen LogP contribution is 1.91. The summed E-state index contributed by atoms with van der Waals surface area (Å²) in [7, 11) is -4.85. The highest BCUT2D eigenvalue weighted by atomic mass is 32.2. The minimum absolute atomic E-state index is 3.17. The largest absolute Gasteiger partial charge is 0.350 e. The number of aliphatic hydroxyl groups is 1. The lowest BCUT2D eigenvalue weighted by atomic mass is 11.6. The summed E-state index contributed by atoms with van der Waals surface area (Å²) in [6, 6.07) is 0. The van der Waals surface area contributed by atoms with Crippen LogP contribution in [0.5, 0.6) is 0 Å². The summed E-state index contributed by atoms with van der Waals surface area (Å²) < 4.78 is 36.9. The van der Waals surface area contributed by atoms with Crippen molar-refractivity contribution >= 4 is 10.1 Å². The van der Waals surface area contributed by atoms with Crippen molar-refractivity contribution in [2.24, 2.45) is 0 Å². The highest BCUT2D eigenvalue weighted by molar-refractivity contribution is 7.86. The average molecular weight is 130 g/mol. The molecule has 0 spiro atoms. The third-order valence-electron chi connectivity index (χ3n) is 0.246. The van der Waals surface area contributed by atoms with E-state index in [0.717, 1.165) is 0 Å². The average Bonchev–Trinajstić information content (AvgIpc) is 1.31. The molecule has 0 amide bonds. The third-order valence-corrected chi connectivity index (χ3v) is 0.737. The maximum atomic E-state index is 10.9. The van der Waals surface area contributed by atoms with Gasteiger partial charge in [0.25, 0.3) is 0 Å². The topological polar surface area (TPSA) is 74.6 Å². The van der Waals surface area contributed by atoms with Crippen molar-refractivity contribution < 1.29 is 22.5 Å². The van der Waals surface area contributed by atoms with Crippen molar-refractivity contribution in [3.63, 3.8) is 0 Å². The molecule has 0 aromatic heterocycles. The number of alkyl halides is 1. The number of aliphatic hydroxyl groups excluding tert-OH is 1. The van der Waals surface area contributed by atoms with Crippen LogP contribution >= 0.6 is 0 Å². The molecule has 0 saturated heterocycles. The number of rotatable bonds is 1. The summed E-state index contributed by atoms with van der Waals surface area (Å²) in [5, 5.41) is 7.38. The Kier molecular flexibility index (Phi) is 1.68. The lowest BCUT2D eigenvalue weighted by Crippen LogP contribution is -2.12. The van der Waals surface area contributed by atoms with Gasteiger partial charge in [0.15, 0.2) is 0 Å². The first kappa shape index (κ1) is 6.80. The fourth-order valence-electron chi connectivity index (χ4n) is 0. The van der Waals surface area contributed by atoms with E-state index in [1.165, 1.54) is 0 Å². The Morgan fingerprint density at radius 2 is 1.71 bits per heavy atom. The van der Waals surface area contributed by atoms with Gasteiger partial charge in [-0.2, -0.15) is 12.8 Å². The van der Waals surface area contributed by atoms with Crippen LogP contribution in [0.1, 0.15) is 0 Å². The number of hydrogen-bond donors (Lipinski definition) is 2. The van der Waals surface area contributed by atoms with Crippen LogP contribution in [-0.2, 0) is 10.1 Å². The summed E-state index contributed by atoms with van der Waals surface area (Å²) in [5.41, 5.74) is -3.17. The van der Waals surface area contributed by atoms with Gasteiger partial charge in [0, 0.05) is 0 Å².